The van der Waals surface area contributed by atoms with Crippen LogP contribution >= 0.6 is 11.6 Å². The Kier molecular flexibility index (Phi) is 4.95. The maximum Gasteiger partial charge on any atom is 0.288 e. The Hall–Kier alpha value is -3.20. The molecule has 0 bridgehead atoms. The van der Waals surface area contributed by atoms with Crippen LogP contribution in [0.15, 0.2) is 36.4 Å². The summed E-state index contributed by atoms with van der Waals surface area (Å²) in [5, 5.41) is 24.0. The third kappa shape index (κ3) is 3.58. The van der Waals surface area contributed by atoms with Crippen LogP contribution in [0.4, 0.5) is 17.1 Å². The molecule has 1 N–H and O–H groups in total. The number of hydrogen-bond acceptors (Lipinski definition) is 6. The second-order valence-electron chi connectivity index (χ2n) is 4.52. The van der Waals surface area contributed by atoms with Gasteiger partial charge >= 0.3 is 0 Å². The van der Waals surface area contributed by atoms with E-state index in [4.69, 9.17) is 16.3 Å². The number of ether oxygens (including phenoxy) is 1. The first-order valence-electron chi connectivity index (χ1n) is 6.41. The zero-order chi connectivity index (χ0) is 17.9. The monoisotopic (exact) mass is 351 g/mol. The van der Waals surface area contributed by atoms with Gasteiger partial charge in [0.1, 0.15) is 10.8 Å². The molecule has 0 unspecified atom stereocenters. The molecule has 24 heavy (non-hydrogen) atoms. The lowest BCUT2D eigenvalue weighted by atomic mass is 10.1. The summed E-state index contributed by atoms with van der Waals surface area (Å²) in [5.74, 6) is -0.567. The number of rotatable bonds is 5. The first kappa shape index (κ1) is 17.2. The molecule has 2 aromatic rings. The van der Waals surface area contributed by atoms with Gasteiger partial charge in [-0.05, 0) is 18.2 Å². The van der Waals surface area contributed by atoms with Gasteiger partial charge in [-0.25, -0.2) is 0 Å². The predicted molar refractivity (Wildman–Crippen MR) is 85.7 cm³/mol. The number of carbonyl (C=O) groups is 1. The van der Waals surface area contributed by atoms with Crippen LogP contribution in [0.25, 0.3) is 0 Å². The van der Waals surface area contributed by atoms with Gasteiger partial charge in [-0.1, -0.05) is 11.6 Å². The smallest absolute Gasteiger partial charge is 0.288 e. The Morgan fingerprint density at radius 1 is 1.12 bits per heavy atom. The quantitative estimate of drug-likeness (QED) is 0.650. The number of nitro groups is 2. The van der Waals surface area contributed by atoms with Crippen molar-refractivity contribution < 1.29 is 19.4 Å². The second kappa shape index (κ2) is 6.92. The number of nitro benzene ring substituents is 2. The van der Waals surface area contributed by atoms with Gasteiger partial charge in [0.2, 0.25) is 0 Å². The van der Waals surface area contributed by atoms with E-state index < -0.39 is 21.4 Å². The number of non-ortho nitro benzene ring substituents is 1. The van der Waals surface area contributed by atoms with E-state index in [0.29, 0.717) is 0 Å². The van der Waals surface area contributed by atoms with Crippen LogP contribution in [0.5, 0.6) is 5.75 Å². The number of methoxy groups -OCH3 is 1. The molecule has 0 radical (unpaired) electrons. The van der Waals surface area contributed by atoms with Crippen molar-refractivity contribution in [2.24, 2.45) is 0 Å². The van der Waals surface area contributed by atoms with Gasteiger partial charge in [0.15, 0.2) is 0 Å². The number of nitrogens with one attached hydrogen (secondary N) is 1. The molecular weight excluding hydrogens is 342 g/mol. The minimum Gasteiger partial charge on any atom is -0.494 e. The maximum atomic E-state index is 12.2. The molecule has 0 aromatic heterocycles. The number of hydrogen-bond donors (Lipinski definition) is 1. The normalized spacial score (nSPS) is 10.1. The Morgan fingerprint density at radius 2 is 1.83 bits per heavy atom. The number of halogens is 1. The summed E-state index contributed by atoms with van der Waals surface area (Å²) in [6.07, 6.45) is 0. The molecule has 0 heterocycles. The largest absolute Gasteiger partial charge is 0.494 e. The van der Waals surface area contributed by atoms with Crippen LogP contribution in [-0.4, -0.2) is 22.9 Å². The van der Waals surface area contributed by atoms with Crippen LogP contribution in [0, 0.1) is 20.2 Å². The summed E-state index contributed by atoms with van der Waals surface area (Å²) in [6.45, 7) is 0. The topological polar surface area (TPSA) is 125 Å². The molecule has 9 nitrogen and oxygen atoms in total. The van der Waals surface area contributed by atoms with Gasteiger partial charge in [-0.3, -0.25) is 25.0 Å². The molecule has 1 amide bonds. The zero-order valence-electron chi connectivity index (χ0n) is 12.2. The summed E-state index contributed by atoms with van der Waals surface area (Å²) in [4.78, 5) is 32.5. The zero-order valence-corrected chi connectivity index (χ0v) is 12.9. The molecule has 0 fully saturated rings. The summed E-state index contributed by atoms with van der Waals surface area (Å²) >= 11 is 5.69. The molecule has 0 aliphatic carbocycles. The second-order valence-corrected chi connectivity index (χ2v) is 4.93. The highest BCUT2D eigenvalue weighted by molar-refractivity contribution is 6.32. The van der Waals surface area contributed by atoms with Crippen molar-refractivity contribution in [3.8, 4) is 5.75 Å². The minimum atomic E-state index is -0.703. The summed E-state index contributed by atoms with van der Waals surface area (Å²) < 4.78 is 5.01. The average molecular weight is 352 g/mol. The van der Waals surface area contributed by atoms with E-state index in [-0.39, 0.29) is 27.7 Å². The molecule has 2 rings (SSSR count). The van der Waals surface area contributed by atoms with Crippen molar-refractivity contribution in [3.63, 3.8) is 0 Å². The van der Waals surface area contributed by atoms with E-state index in [9.17, 15) is 25.0 Å². The molecule has 0 aliphatic rings. The molecule has 0 spiro atoms. The first-order valence-corrected chi connectivity index (χ1v) is 6.79. The Balaban J connectivity index is 2.31. The first-order chi connectivity index (χ1) is 11.3. The van der Waals surface area contributed by atoms with Gasteiger partial charge in [0.25, 0.3) is 17.3 Å². The van der Waals surface area contributed by atoms with Gasteiger partial charge < -0.3 is 10.1 Å². The Morgan fingerprint density at radius 3 is 2.42 bits per heavy atom. The lowest BCUT2D eigenvalue weighted by Gasteiger charge is -2.10. The molecule has 2 aromatic carbocycles. The van der Waals surface area contributed by atoms with Crippen molar-refractivity contribution >= 4 is 34.6 Å². The molecule has 0 aliphatic heterocycles. The molecule has 0 saturated carbocycles. The van der Waals surface area contributed by atoms with Crippen LogP contribution in [0.1, 0.15) is 10.4 Å². The average Bonchev–Trinajstić information content (AvgIpc) is 2.54. The van der Waals surface area contributed by atoms with Crippen molar-refractivity contribution in [1.29, 1.82) is 0 Å². The van der Waals surface area contributed by atoms with E-state index in [1.54, 1.807) is 0 Å². The highest BCUT2D eigenvalue weighted by atomic mass is 35.5. The van der Waals surface area contributed by atoms with Crippen LogP contribution in [-0.2, 0) is 0 Å². The third-order valence-electron chi connectivity index (χ3n) is 3.05. The van der Waals surface area contributed by atoms with Gasteiger partial charge in [-0.2, -0.15) is 0 Å². The van der Waals surface area contributed by atoms with Crippen molar-refractivity contribution in [2.75, 3.05) is 12.4 Å². The summed E-state index contributed by atoms with van der Waals surface area (Å²) in [6, 6.07) is 7.25. The standard InChI is InChI=1S/C14H10ClN3O6/c1-24-13-7-9(17(20)21)3-5-11(13)16-14(19)8-2-4-10(15)12(6-8)18(22)23/h2-7H,1H3,(H,16,19). The van der Waals surface area contributed by atoms with Gasteiger partial charge in [-0.15, -0.1) is 0 Å². The Bertz CT molecular complexity index is 839. The molecule has 124 valence electrons. The molecule has 10 heteroatoms. The lowest BCUT2D eigenvalue weighted by Crippen LogP contribution is -2.13. The highest BCUT2D eigenvalue weighted by Gasteiger charge is 2.18. The molecular formula is C14H10ClN3O6. The van der Waals surface area contributed by atoms with Crippen LogP contribution in [0.2, 0.25) is 5.02 Å². The number of nitrogens with zero attached hydrogens (tertiary/aromatic N) is 2. The maximum absolute atomic E-state index is 12.2. The van der Waals surface area contributed by atoms with E-state index in [1.165, 1.54) is 31.4 Å². The van der Waals surface area contributed by atoms with Crippen LogP contribution < -0.4 is 10.1 Å². The van der Waals surface area contributed by atoms with Crippen molar-refractivity contribution in [1.82, 2.24) is 0 Å². The molecule has 0 saturated heterocycles. The SMILES string of the molecule is COc1cc([N+](=O)[O-])ccc1NC(=O)c1ccc(Cl)c([N+](=O)[O-])c1. The van der Waals surface area contributed by atoms with E-state index >= 15 is 0 Å². The lowest BCUT2D eigenvalue weighted by molar-refractivity contribution is -0.385. The summed E-state index contributed by atoms with van der Waals surface area (Å²) in [5.41, 5.74) is -0.413. The van der Waals surface area contributed by atoms with E-state index in [0.717, 1.165) is 12.1 Å². The highest BCUT2D eigenvalue weighted by Crippen LogP contribution is 2.30. The fourth-order valence-corrected chi connectivity index (χ4v) is 2.07. The van der Waals surface area contributed by atoms with E-state index in [1.807, 2.05) is 0 Å². The van der Waals surface area contributed by atoms with Crippen molar-refractivity contribution in [3.05, 3.63) is 67.2 Å². The van der Waals surface area contributed by atoms with Crippen molar-refractivity contribution in [2.45, 2.75) is 0 Å². The van der Waals surface area contributed by atoms with Gasteiger partial charge in [0, 0.05) is 17.7 Å². The number of amides is 1. The van der Waals surface area contributed by atoms with Gasteiger partial charge in [0.05, 0.1) is 28.7 Å². The fraction of sp³-hybridized carbons (Fsp3) is 0.0714. The molecule has 0 atom stereocenters. The number of anilines is 1. The summed E-state index contributed by atoms with van der Waals surface area (Å²) in [7, 11) is 1.29. The Labute approximate surface area is 140 Å². The van der Waals surface area contributed by atoms with Crippen LogP contribution in [0.3, 0.4) is 0 Å². The fourth-order valence-electron chi connectivity index (χ4n) is 1.89. The third-order valence-corrected chi connectivity index (χ3v) is 3.37. The van der Waals surface area contributed by atoms with E-state index in [2.05, 4.69) is 5.32 Å². The number of benzene rings is 2. The number of carbonyl (C=O) groups excluding carboxylic acids is 1. The predicted octanol–water partition coefficient (Wildman–Crippen LogP) is 3.42. The minimum absolute atomic E-state index is 0.00602.